The molecule has 0 saturated heterocycles. The van der Waals surface area contributed by atoms with Crippen molar-refractivity contribution in [1.82, 2.24) is 9.55 Å². The van der Waals surface area contributed by atoms with Gasteiger partial charge in [-0.3, -0.25) is 14.3 Å². The van der Waals surface area contributed by atoms with Crippen LogP contribution in [0.4, 0.5) is 0 Å². The standard InChI is InChI=1S/C12H17N3O3/c1-2-3-9(4-5-16)7-15-8-10(6-13)11(17)14-12(15)18/h8-9,16H,2-5,7H2,1H3,(H,14,17,18). The second-order valence-corrected chi connectivity index (χ2v) is 4.23. The van der Waals surface area contributed by atoms with Gasteiger partial charge >= 0.3 is 5.69 Å². The topological polar surface area (TPSA) is 98.9 Å². The highest BCUT2D eigenvalue weighted by Crippen LogP contribution is 2.12. The minimum Gasteiger partial charge on any atom is -0.396 e. The van der Waals surface area contributed by atoms with Gasteiger partial charge in [-0.25, -0.2) is 4.79 Å². The lowest BCUT2D eigenvalue weighted by Crippen LogP contribution is -2.33. The van der Waals surface area contributed by atoms with Crippen LogP contribution in [-0.2, 0) is 6.54 Å². The van der Waals surface area contributed by atoms with E-state index in [0.717, 1.165) is 12.8 Å². The van der Waals surface area contributed by atoms with Crippen LogP contribution in [0.5, 0.6) is 0 Å². The van der Waals surface area contributed by atoms with Gasteiger partial charge in [-0.1, -0.05) is 13.3 Å². The average Bonchev–Trinajstić information content (AvgIpc) is 2.33. The molecule has 0 bridgehead atoms. The summed E-state index contributed by atoms with van der Waals surface area (Å²) in [7, 11) is 0. The van der Waals surface area contributed by atoms with Gasteiger partial charge in [-0.15, -0.1) is 0 Å². The molecule has 1 heterocycles. The highest BCUT2D eigenvalue weighted by Gasteiger charge is 2.11. The molecule has 1 aromatic rings. The van der Waals surface area contributed by atoms with E-state index in [0.29, 0.717) is 13.0 Å². The molecule has 0 spiro atoms. The van der Waals surface area contributed by atoms with Crippen molar-refractivity contribution in [3.8, 4) is 6.07 Å². The molecule has 1 aromatic heterocycles. The maximum absolute atomic E-state index is 11.6. The molecule has 1 atom stereocenters. The van der Waals surface area contributed by atoms with Crippen molar-refractivity contribution in [3.63, 3.8) is 0 Å². The van der Waals surface area contributed by atoms with Gasteiger partial charge in [-0.2, -0.15) is 5.26 Å². The Hall–Kier alpha value is -1.87. The van der Waals surface area contributed by atoms with Gasteiger partial charge in [0.1, 0.15) is 11.6 Å². The summed E-state index contributed by atoms with van der Waals surface area (Å²) in [6.07, 6.45) is 3.71. The second kappa shape index (κ2) is 6.77. The smallest absolute Gasteiger partial charge is 0.328 e. The summed E-state index contributed by atoms with van der Waals surface area (Å²) in [5.74, 6) is 0.162. The van der Waals surface area contributed by atoms with E-state index in [4.69, 9.17) is 10.4 Å². The van der Waals surface area contributed by atoms with Crippen LogP contribution < -0.4 is 11.2 Å². The van der Waals surface area contributed by atoms with Gasteiger partial charge in [0.25, 0.3) is 5.56 Å². The number of aliphatic hydroxyl groups excluding tert-OH is 1. The molecule has 1 unspecified atom stereocenters. The van der Waals surface area contributed by atoms with Gasteiger partial charge < -0.3 is 5.11 Å². The normalized spacial score (nSPS) is 12.1. The van der Waals surface area contributed by atoms with Gasteiger partial charge in [0.05, 0.1) is 0 Å². The maximum Gasteiger partial charge on any atom is 0.328 e. The van der Waals surface area contributed by atoms with Crippen molar-refractivity contribution < 1.29 is 5.11 Å². The molecule has 6 nitrogen and oxygen atoms in total. The molecule has 0 aliphatic rings. The number of hydrogen-bond donors (Lipinski definition) is 2. The van der Waals surface area contributed by atoms with Crippen molar-refractivity contribution in [2.24, 2.45) is 5.92 Å². The van der Waals surface area contributed by atoms with Gasteiger partial charge in [0.15, 0.2) is 0 Å². The fourth-order valence-electron chi connectivity index (χ4n) is 1.92. The summed E-state index contributed by atoms with van der Waals surface area (Å²) < 4.78 is 1.33. The molecule has 0 saturated carbocycles. The fraction of sp³-hybridized carbons (Fsp3) is 0.583. The first kappa shape index (κ1) is 14.2. The molecule has 18 heavy (non-hydrogen) atoms. The van der Waals surface area contributed by atoms with E-state index >= 15 is 0 Å². The molecule has 0 aliphatic carbocycles. The maximum atomic E-state index is 11.6. The molecule has 0 aliphatic heterocycles. The van der Waals surface area contributed by atoms with Crippen LogP contribution in [0, 0.1) is 17.2 Å². The zero-order chi connectivity index (χ0) is 13.5. The van der Waals surface area contributed by atoms with Crippen LogP contribution in [0.1, 0.15) is 31.7 Å². The summed E-state index contributed by atoms with van der Waals surface area (Å²) in [6.45, 7) is 2.49. The van der Waals surface area contributed by atoms with E-state index in [1.165, 1.54) is 10.8 Å². The number of nitrogens with zero attached hydrogens (tertiary/aromatic N) is 2. The number of aromatic nitrogens is 2. The van der Waals surface area contributed by atoms with Crippen LogP contribution in [0.25, 0.3) is 0 Å². The third-order valence-corrected chi connectivity index (χ3v) is 2.82. The van der Waals surface area contributed by atoms with Crippen LogP contribution >= 0.6 is 0 Å². The number of aliphatic hydroxyl groups is 1. The number of nitrogens with one attached hydrogen (secondary N) is 1. The Bertz CT molecular complexity index is 533. The van der Waals surface area contributed by atoms with Crippen molar-refractivity contribution in [2.75, 3.05) is 6.61 Å². The summed E-state index contributed by atoms with van der Waals surface area (Å²) in [5.41, 5.74) is -1.25. The number of rotatable bonds is 6. The predicted octanol–water partition coefficient (Wildman–Crippen LogP) is 0.207. The van der Waals surface area contributed by atoms with Crippen molar-refractivity contribution in [3.05, 3.63) is 32.6 Å². The molecule has 0 aromatic carbocycles. The average molecular weight is 251 g/mol. The molecule has 0 amide bonds. The van der Waals surface area contributed by atoms with Gasteiger partial charge in [0, 0.05) is 19.3 Å². The molecule has 98 valence electrons. The van der Waals surface area contributed by atoms with Gasteiger partial charge in [-0.05, 0) is 18.8 Å². The largest absolute Gasteiger partial charge is 0.396 e. The predicted molar refractivity (Wildman–Crippen MR) is 66.1 cm³/mol. The van der Waals surface area contributed by atoms with E-state index in [9.17, 15) is 9.59 Å². The van der Waals surface area contributed by atoms with Crippen molar-refractivity contribution in [1.29, 1.82) is 5.26 Å². The molecular weight excluding hydrogens is 234 g/mol. The summed E-state index contributed by atoms with van der Waals surface area (Å²) in [5, 5.41) is 17.7. The van der Waals surface area contributed by atoms with Gasteiger partial charge in [0.2, 0.25) is 0 Å². The zero-order valence-corrected chi connectivity index (χ0v) is 10.3. The van der Waals surface area contributed by atoms with E-state index in [2.05, 4.69) is 4.98 Å². The Balaban J connectivity index is 2.99. The first-order chi connectivity index (χ1) is 8.62. The Kier molecular flexibility index (Phi) is 5.33. The lowest BCUT2D eigenvalue weighted by molar-refractivity contribution is 0.238. The summed E-state index contributed by atoms with van der Waals surface area (Å²) >= 11 is 0. The van der Waals surface area contributed by atoms with Crippen LogP contribution in [0.3, 0.4) is 0 Å². The Morgan fingerprint density at radius 1 is 1.50 bits per heavy atom. The minimum atomic E-state index is -0.659. The van der Waals surface area contributed by atoms with E-state index in [-0.39, 0.29) is 18.1 Å². The first-order valence-electron chi connectivity index (χ1n) is 5.97. The van der Waals surface area contributed by atoms with E-state index in [1.54, 1.807) is 6.07 Å². The SMILES string of the molecule is CCCC(CCO)Cn1cc(C#N)c(=O)[nH]c1=O. The van der Waals surface area contributed by atoms with Crippen molar-refractivity contribution >= 4 is 0 Å². The summed E-state index contributed by atoms with van der Waals surface area (Å²) in [4.78, 5) is 24.9. The number of nitriles is 1. The van der Waals surface area contributed by atoms with Crippen molar-refractivity contribution in [2.45, 2.75) is 32.7 Å². The summed E-state index contributed by atoms with van der Waals surface area (Å²) in [6, 6.07) is 1.75. The molecule has 0 radical (unpaired) electrons. The molecule has 1 rings (SSSR count). The highest BCUT2D eigenvalue weighted by molar-refractivity contribution is 5.21. The first-order valence-corrected chi connectivity index (χ1v) is 5.97. The quantitative estimate of drug-likeness (QED) is 0.754. The zero-order valence-electron chi connectivity index (χ0n) is 10.3. The third kappa shape index (κ3) is 3.57. The fourth-order valence-corrected chi connectivity index (χ4v) is 1.92. The van der Waals surface area contributed by atoms with E-state index in [1.807, 2.05) is 6.92 Å². The van der Waals surface area contributed by atoms with Crippen LogP contribution in [-0.4, -0.2) is 21.3 Å². The Labute approximate surface area is 105 Å². The molecular formula is C12H17N3O3. The monoisotopic (exact) mass is 251 g/mol. The third-order valence-electron chi connectivity index (χ3n) is 2.82. The van der Waals surface area contributed by atoms with Crippen LogP contribution in [0.15, 0.2) is 15.8 Å². The molecule has 0 fully saturated rings. The van der Waals surface area contributed by atoms with E-state index < -0.39 is 11.2 Å². The highest BCUT2D eigenvalue weighted by atomic mass is 16.3. The van der Waals surface area contributed by atoms with Crippen LogP contribution in [0.2, 0.25) is 0 Å². The lowest BCUT2D eigenvalue weighted by Gasteiger charge is -2.16. The Morgan fingerprint density at radius 3 is 2.78 bits per heavy atom. The second-order valence-electron chi connectivity index (χ2n) is 4.23. The number of aromatic amines is 1. The molecule has 2 N–H and O–H groups in total. The minimum absolute atomic E-state index is 0.0634. The number of H-pyrrole nitrogens is 1. The lowest BCUT2D eigenvalue weighted by atomic mass is 10.0. The Morgan fingerprint density at radius 2 is 2.22 bits per heavy atom. The molecule has 6 heteroatoms. The number of hydrogen-bond acceptors (Lipinski definition) is 4.